The molecule has 51 heavy (non-hydrogen) atoms. The average molecular weight is 719 g/mol. The van der Waals surface area contributed by atoms with Crippen molar-refractivity contribution in [1.82, 2.24) is 28.4 Å². The molecule has 2 aliphatic rings. The smallest absolute Gasteiger partial charge is 0.336 e. The van der Waals surface area contributed by atoms with E-state index in [1.54, 1.807) is 0 Å². The Morgan fingerprint density at radius 2 is 1.02 bits per heavy atom. The number of hydrogen-bond donors (Lipinski definition) is 0. The van der Waals surface area contributed by atoms with Crippen molar-refractivity contribution in [2.45, 2.75) is 51.7 Å². The van der Waals surface area contributed by atoms with Crippen LogP contribution < -0.4 is 17.1 Å². The number of rotatable bonds is 20. The van der Waals surface area contributed by atoms with Gasteiger partial charge in [-0.2, -0.15) is 0 Å². The summed E-state index contributed by atoms with van der Waals surface area (Å²) in [5.41, 5.74) is -3.51. The Kier molecular flexibility index (Phi) is 14.2. The van der Waals surface area contributed by atoms with Crippen LogP contribution in [-0.4, -0.2) is 122 Å². The number of esters is 3. The van der Waals surface area contributed by atoms with Gasteiger partial charge in [0.2, 0.25) is 18.2 Å². The van der Waals surface area contributed by atoms with E-state index in [1.165, 1.54) is 0 Å². The third-order valence-electron chi connectivity index (χ3n) is 7.40. The fourth-order valence-electron chi connectivity index (χ4n) is 4.70. The summed E-state index contributed by atoms with van der Waals surface area (Å²) in [5, 5.41) is 0. The molecule has 0 spiro atoms. The topological polar surface area (TPSA) is 257 Å². The average Bonchev–Trinajstić information content (AvgIpc) is 3.60. The Labute approximate surface area is 287 Å². The fraction of sp³-hybridized carbons (Fsp3) is 0.467. The minimum absolute atomic E-state index is 0.0328. The summed E-state index contributed by atoms with van der Waals surface area (Å²) in [7, 11) is 0. The number of hydrogen-bond acceptors (Lipinski definition) is 15. The zero-order valence-electron chi connectivity index (χ0n) is 27.2. The third-order valence-corrected chi connectivity index (χ3v) is 7.40. The number of imide groups is 3. The maximum atomic E-state index is 13.2. The van der Waals surface area contributed by atoms with Crippen molar-refractivity contribution >= 4 is 53.9 Å². The van der Waals surface area contributed by atoms with Gasteiger partial charge in [0.1, 0.15) is 19.8 Å². The van der Waals surface area contributed by atoms with E-state index in [2.05, 4.69) is 6.58 Å². The van der Waals surface area contributed by atoms with E-state index >= 15 is 0 Å². The standard InChI is InChI=1S/C30H34N6O15/c1-2-20(38)31(19-37)10-7-25(43)49-16-13-34-28(46)35(14-17-50-26(44)8-11-32-21(39)3-4-22(32)40)30(48)36(29(34)47)15-18-51-27(45)9-12-33-23(41)5-6-24(33)42/h2-4,19H,1,5-18H2. The van der Waals surface area contributed by atoms with Gasteiger partial charge in [-0.25, -0.2) is 28.1 Å². The lowest BCUT2D eigenvalue weighted by atomic mass is 10.4. The molecule has 0 unspecified atom stereocenters. The van der Waals surface area contributed by atoms with Crippen LogP contribution in [0.4, 0.5) is 0 Å². The third kappa shape index (κ3) is 10.6. The van der Waals surface area contributed by atoms with Crippen LogP contribution in [0.25, 0.3) is 0 Å². The molecule has 0 bridgehead atoms. The minimum Gasteiger partial charge on any atom is -0.464 e. The molecule has 0 N–H and O–H groups in total. The molecular formula is C30H34N6O15. The predicted molar refractivity (Wildman–Crippen MR) is 166 cm³/mol. The lowest BCUT2D eigenvalue weighted by molar-refractivity contribution is -0.147. The van der Waals surface area contributed by atoms with Gasteiger partial charge in [-0.3, -0.25) is 57.9 Å². The van der Waals surface area contributed by atoms with Crippen LogP contribution in [-0.2, 0) is 77.0 Å². The minimum atomic E-state index is -1.17. The fourth-order valence-corrected chi connectivity index (χ4v) is 4.70. The van der Waals surface area contributed by atoms with Crippen LogP contribution in [0.2, 0.25) is 0 Å². The molecule has 0 atom stereocenters. The van der Waals surface area contributed by atoms with Crippen molar-refractivity contribution in [2.75, 3.05) is 39.5 Å². The molecule has 1 aromatic rings. The van der Waals surface area contributed by atoms with Gasteiger partial charge in [-0.05, 0) is 6.08 Å². The first-order valence-corrected chi connectivity index (χ1v) is 15.5. The molecule has 21 heteroatoms. The number of carbonyl (C=O) groups is 9. The molecule has 1 saturated heterocycles. The lowest BCUT2D eigenvalue weighted by Crippen LogP contribution is -2.55. The van der Waals surface area contributed by atoms with E-state index < -0.39 is 110 Å². The first-order valence-electron chi connectivity index (χ1n) is 15.5. The van der Waals surface area contributed by atoms with E-state index in [4.69, 9.17) is 14.2 Å². The van der Waals surface area contributed by atoms with Gasteiger partial charge in [0, 0.05) is 44.6 Å². The van der Waals surface area contributed by atoms with Gasteiger partial charge < -0.3 is 14.2 Å². The van der Waals surface area contributed by atoms with Crippen molar-refractivity contribution < 1.29 is 57.4 Å². The quantitative estimate of drug-likeness (QED) is 0.0412. The summed E-state index contributed by atoms with van der Waals surface area (Å²) in [6, 6.07) is 0. The highest BCUT2D eigenvalue weighted by atomic mass is 16.5. The Bertz CT molecular complexity index is 1720. The van der Waals surface area contributed by atoms with Gasteiger partial charge in [-0.1, -0.05) is 6.58 Å². The molecule has 0 radical (unpaired) electrons. The number of likely N-dealkylation sites (tertiary alicyclic amines) is 1. The van der Waals surface area contributed by atoms with E-state index in [0.717, 1.165) is 28.0 Å². The molecule has 274 valence electrons. The predicted octanol–water partition coefficient (Wildman–Crippen LogP) is -3.78. The summed E-state index contributed by atoms with van der Waals surface area (Å²) in [6.45, 7) is -0.964. The number of ether oxygens (including phenoxy) is 3. The number of carbonyl (C=O) groups excluding carboxylic acids is 9. The molecule has 3 heterocycles. The molecular weight excluding hydrogens is 684 g/mol. The van der Waals surface area contributed by atoms with Crippen molar-refractivity contribution in [3.63, 3.8) is 0 Å². The highest BCUT2D eigenvalue weighted by Gasteiger charge is 2.29. The zero-order valence-corrected chi connectivity index (χ0v) is 27.2. The van der Waals surface area contributed by atoms with E-state index in [1.807, 2.05) is 0 Å². The van der Waals surface area contributed by atoms with Crippen molar-refractivity contribution in [3.05, 3.63) is 56.3 Å². The second-order valence-electron chi connectivity index (χ2n) is 10.7. The molecule has 0 saturated carbocycles. The van der Waals surface area contributed by atoms with E-state index in [9.17, 15) is 57.5 Å². The Morgan fingerprint density at radius 3 is 1.41 bits per heavy atom. The SMILES string of the molecule is C=CC(=O)N(C=O)CCC(=O)OCCn1c(=O)n(CCOC(=O)CCN2C(=O)C=CC2=O)c(=O)n(CCOC(=O)CCN2C(=O)CCC2=O)c1=O. The summed E-state index contributed by atoms with van der Waals surface area (Å²) < 4.78 is 16.7. The van der Waals surface area contributed by atoms with Crippen LogP contribution in [0.1, 0.15) is 32.1 Å². The monoisotopic (exact) mass is 718 g/mol. The zero-order chi connectivity index (χ0) is 37.7. The van der Waals surface area contributed by atoms with E-state index in [-0.39, 0.29) is 51.7 Å². The van der Waals surface area contributed by atoms with Crippen molar-refractivity contribution in [2.24, 2.45) is 0 Å². The molecule has 21 nitrogen and oxygen atoms in total. The highest BCUT2D eigenvalue weighted by Crippen LogP contribution is 2.12. The van der Waals surface area contributed by atoms with Crippen LogP contribution in [0, 0.1) is 0 Å². The second kappa shape index (κ2) is 18.5. The summed E-state index contributed by atoms with van der Waals surface area (Å²) in [6.07, 6.45) is 2.03. The van der Waals surface area contributed by atoms with Gasteiger partial charge in [0.25, 0.3) is 17.7 Å². The molecule has 1 aromatic heterocycles. The van der Waals surface area contributed by atoms with Crippen LogP contribution in [0.5, 0.6) is 0 Å². The van der Waals surface area contributed by atoms with Gasteiger partial charge in [0.15, 0.2) is 0 Å². The van der Waals surface area contributed by atoms with Gasteiger partial charge in [-0.15, -0.1) is 0 Å². The molecule has 2 aliphatic heterocycles. The molecule has 1 fully saturated rings. The van der Waals surface area contributed by atoms with Crippen LogP contribution in [0.15, 0.2) is 39.2 Å². The number of aromatic nitrogens is 3. The highest BCUT2D eigenvalue weighted by molar-refractivity contribution is 6.13. The summed E-state index contributed by atoms with van der Waals surface area (Å²) >= 11 is 0. The van der Waals surface area contributed by atoms with Crippen LogP contribution in [0.3, 0.4) is 0 Å². The largest absolute Gasteiger partial charge is 0.464 e. The van der Waals surface area contributed by atoms with Crippen LogP contribution >= 0.6 is 0 Å². The lowest BCUT2D eigenvalue weighted by Gasteiger charge is -2.16. The molecule has 0 aliphatic carbocycles. The Morgan fingerprint density at radius 1 is 0.627 bits per heavy atom. The first kappa shape index (κ1) is 39.2. The molecule has 3 rings (SSSR count). The number of amides is 6. The maximum Gasteiger partial charge on any atom is 0.336 e. The second-order valence-corrected chi connectivity index (χ2v) is 10.7. The summed E-state index contributed by atoms with van der Waals surface area (Å²) in [5.74, 6) is -5.46. The van der Waals surface area contributed by atoms with E-state index in [0.29, 0.717) is 18.6 Å². The normalized spacial score (nSPS) is 13.8. The van der Waals surface area contributed by atoms with Crippen molar-refractivity contribution in [1.29, 1.82) is 0 Å². The Hall–Kier alpha value is -6.28. The van der Waals surface area contributed by atoms with Crippen molar-refractivity contribution in [3.8, 4) is 0 Å². The molecule has 6 amide bonds. The summed E-state index contributed by atoms with van der Waals surface area (Å²) in [4.78, 5) is 148. The number of nitrogens with zero attached hydrogens (tertiary/aromatic N) is 6. The van der Waals surface area contributed by atoms with Gasteiger partial charge >= 0.3 is 35.0 Å². The molecule has 0 aromatic carbocycles. The van der Waals surface area contributed by atoms with Gasteiger partial charge in [0.05, 0.1) is 38.9 Å². The first-order chi connectivity index (χ1) is 24.3. The Balaban J connectivity index is 1.68. The maximum absolute atomic E-state index is 13.2.